The maximum atomic E-state index is 12.6. The van der Waals surface area contributed by atoms with Crippen molar-refractivity contribution >= 4 is 11.8 Å². The Morgan fingerprint density at radius 2 is 2.17 bits per heavy atom. The molecule has 0 spiro atoms. The highest BCUT2D eigenvalue weighted by Crippen LogP contribution is 2.30. The first-order valence-electron chi connectivity index (χ1n) is 8.10. The number of ether oxygens (including phenoxy) is 2. The molecule has 0 N–H and O–H groups in total. The zero-order valence-corrected chi connectivity index (χ0v) is 14.6. The lowest BCUT2D eigenvalue weighted by Crippen LogP contribution is -2.39. The summed E-state index contributed by atoms with van der Waals surface area (Å²) >= 11 is 0. The van der Waals surface area contributed by atoms with Crippen LogP contribution in [0.5, 0.6) is 5.88 Å². The van der Waals surface area contributed by atoms with Gasteiger partial charge < -0.3 is 9.47 Å². The number of amides is 1. The Hall–Kier alpha value is -2.04. The minimum atomic E-state index is -0.516. The second-order valence-electron chi connectivity index (χ2n) is 6.84. The van der Waals surface area contributed by atoms with Crippen molar-refractivity contribution < 1.29 is 14.3 Å². The summed E-state index contributed by atoms with van der Waals surface area (Å²) < 4.78 is 11.0. The van der Waals surface area contributed by atoms with Crippen LogP contribution in [-0.2, 0) is 4.74 Å². The molecule has 0 fully saturated rings. The second-order valence-corrected chi connectivity index (χ2v) is 6.84. The van der Waals surface area contributed by atoms with Crippen molar-refractivity contribution in [2.24, 2.45) is 5.92 Å². The van der Waals surface area contributed by atoms with Crippen LogP contribution in [0.3, 0.4) is 0 Å². The summed E-state index contributed by atoms with van der Waals surface area (Å²) in [4.78, 5) is 18.5. The molecule has 0 saturated heterocycles. The molecule has 1 aliphatic rings. The van der Waals surface area contributed by atoms with Crippen molar-refractivity contribution in [3.8, 4) is 5.88 Å². The standard InChI is InChI=1S/C18H26N2O3/c1-6-22-16-11-14(9-10-19-16)15-8-7-13(2)12-20(15)17(21)23-18(3,4)5/h8-11,13H,6-7,12H2,1-5H3. The molecule has 1 aliphatic heterocycles. The van der Waals surface area contributed by atoms with Crippen LogP contribution < -0.4 is 4.74 Å². The van der Waals surface area contributed by atoms with Gasteiger partial charge in [-0.15, -0.1) is 0 Å². The quantitative estimate of drug-likeness (QED) is 0.842. The van der Waals surface area contributed by atoms with E-state index in [1.54, 1.807) is 11.1 Å². The van der Waals surface area contributed by atoms with Gasteiger partial charge in [-0.2, -0.15) is 0 Å². The lowest BCUT2D eigenvalue weighted by Gasteiger charge is -2.33. The molecule has 0 aliphatic carbocycles. The molecule has 2 rings (SSSR count). The van der Waals surface area contributed by atoms with E-state index in [9.17, 15) is 4.79 Å². The van der Waals surface area contributed by atoms with Crippen molar-refractivity contribution in [2.45, 2.75) is 46.6 Å². The van der Waals surface area contributed by atoms with Gasteiger partial charge in [0.2, 0.25) is 5.88 Å². The molecular weight excluding hydrogens is 292 g/mol. The molecule has 0 bridgehead atoms. The number of nitrogens with zero attached hydrogens (tertiary/aromatic N) is 2. The maximum absolute atomic E-state index is 12.6. The van der Waals surface area contributed by atoms with Gasteiger partial charge in [0, 0.05) is 24.4 Å². The first-order valence-corrected chi connectivity index (χ1v) is 8.10. The summed E-state index contributed by atoms with van der Waals surface area (Å²) in [6.45, 7) is 10.9. The number of carbonyl (C=O) groups excluding carboxylic acids is 1. The monoisotopic (exact) mass is 318 g/mol. The maximum Gasteiger partial charge on any atom is 0.414 e. The number of hydrogen-bond acceptors (Lipinski definition) is 4. The van der Waals surface area contributed by atoms with Crippen LogP contribution in [0.1, 0.15) is 46.6 Å². The second kappa shape index (κ2) is 7.02. The zero-order chi connectivity index (χ0) is 17.0. The van der Waals surface area contributed by atoms with Gasteiger partial charge in [-0.3, -0.25) is 4.90 Å². The molecule has 0 aromatic carbocycles. The smallest absolute Gasteiger partial charge is 0.414 e. The van der Waals surface area contributed by atoms with Gasteiger partial charge >= 0.3 is 6.09 Å². The Morgan fingerprint density at radius 3 is 2.83 bits per heavy atom. The third kappa shape index (κ3) is 4.71. The number of pyridine rings is 1. The fraction of sp³-hybridized carbons (Fsp3) is 0.556. The lowest BCUT2D eigenvalue weighted by atomic mass is 9.99. The van der Waals surface area contributed by atoms with E-state index in [4.69, 9.17) is 9.47 Å². The van der Waals surface area contributed by atoms with E-state index >= 15 is 0 Å². The molecule has 126 valence electrons. The van der Waals surface area contributed by atoms with Crippen LogP contribution in [0, 0.1) is 5.92 Å². The van der Waals surface area contributed by atoms with Gasteiger partial charge in [0.15, 0.2) is 0 Å². The van der Waals surface area contributed by atoms with Gasteiger partial charge in [-0.1, -0.05) is 13.0 Å². The van der Waals surface area contributed by atoms with Crippen molar-refractivity contribution in [1.29, 1.82) is 0 Å². The molecule has 5 nitrogen and oxygen atoms in total. The summed E-state index contributed by atoms with van der Waals surface area (Å²) in [6, 6.07) is 3.75. The molecule has 5 heteroatoms. The Kier molecular flexibility index (Phi) is 5.29. The van der Waals surface area contributed by atoms with Crippen molar-refractivity contribution in [3.05, 3.63) is 30.0 Å². The van der Waals surface area contributed by atoms with Crippen LogP contribution in [0.25, 0.3) is 5.70 Å². The number of allylic oxidation sites excluding steroid dienone is 1. The van der Waals surface area contributed by atoms with Crippen LogP contribution in [0.15, 0.2) is 24.4 Å². The number of rotatable bonds is 3. The predicted octanol–water partition coefficient (Wildman–Crippen LogP) is 4.10. The molecule has 1 aromatic heterocycles. The fourth-order valence-corrected chi connectivity index (χ4v) is 2.47. The lowest BCUT2D eigenvalue weighted by molar-refractivity contribution is 0.0327. The number of carbonyl (C=O) groups is 1. The molecule has 0 radical (unpaired) electrons. The van der Waals surface area contributed by atoms with E-state index in [-0.39, 0.29) is 6.09 Å². The van der Waals surface area contributed by atoms with Gasteiger partial charge in [0.05, 0.1) is 12.3 Å². The van der Waals surface area contributed by atoms with Gasteiger partial charge in [-0.25, -0.2) is 9.78 Å². The minimum absolute atomic E-state index is 0.315. The summed E-state index contributed by atoms with van der Waals surface area (Å²) in [5, 5.41) is 0. The summed E-state index contributed by atoms with van der Waals surface area (Å²) in [6.07, 6.45) is 4.40. The Balaban J connectivity index is 2.30. The SMILES string of the molecule is CCOc1cc(C2=CCC(C)CN2C(=O)OC(C)(C)C)ccn1. The zero-order valence-electron chi connectivity index (χ0n) is 14.6. The minimum Gasteiger partial charge on any atom is -0.478 e. The first-order chi connectivity index (χ1) is 10.8. The van der Waals surface area contributed by atoms with E-state index in [0.29, 0.717) is 24.9 Å². The fourth-order valence-electron chi connectivity index (χ4n) is 2.47. The predicted molar refractivity (Wildman–Crippen MR) is 90.1 cm³/mol. The van der Waals surface area contributed by atoms with Gasteiger partial charge in [0.1, 0.15) is 5.60 Å². The van der Waals surface area contributed by atoms with Gasteiger partial charge in [0.25, 0.3) is 0 Å². The third-order valence-corrected chi connectivity index (χ3v) is 3.44. The van der Waals surface area contributed by atoms with E-state index in [1.807, 2.05) is 39.8 Å². The van der Waals surface area contributed by atoms with Crippen molar-refractivity contribution in [2.75, 3.05) is 13.2 Å². The molecule has 1 atom stereocenters. The highest BCUT2D eigenvalue weighted by atomic mass is 16.6. The molecule has 1 amide bonds. The van der Waals surface area contributed by atoms with Crippen molar-refractivity contribution in [3.63, 3.8) is 0 Å². The van der Waals surface area contributed by atoms with Crippen LogP contribution in [-0.4, -0.2) is 34.7 Å². The molecule has 23 heavy (non-hydrogen) atoms. The summed E-state index contributed by atoms with van der Waals surface area (Å²) in [5.74, 6) is 0.966. The van der Waals surface area contributed by atoms with Crippen LogP contribution in [0.2, 0.25) is 0 Å². The molecule has 0 saturated carbocycles. The van der Waals surface area contributed by atoms with Crippen molar-refractivity contribution in [1.82, 2.24) is 9.88 Å². The van der Waals surface area contributed by atoms with Crippen LogP contribution in [0.4, 0.5) is 4.79 Å². The normalized spacial score (nSPS) is 18.4. The molecule has 1 unspecified atom stereocenters. The highest BCUT2D eigenvalue weighted by Gasteiger charge is 2.29. The van der Waals surface area contributed by atoms with Crippen LogP contribution >= 0.6 is 0 Å². The highest BCUT2D eigenvalue weighted by molar-refractivity contribution is 5.83. The average Bonchev–Trinajstić information content (AvgIpc) is 2.46. The van der Waals surface area contributed by atoms with Gasteiger partial charge in [-0.05, 0) is 46.1 Å². The van der Waals surface area contributed by atoms with E-state index in [2.05, 4.69) is 18.0 Å². The number of hydrogen-bond donors (Lipinski definition) is 0. The van der Waals surface area contributed by atoms with E-state index in [0.717, 1.165) is 17.7 Å². The Labute approximate surface area is 138 Å². The molecular formula is C18H26N2O3. The van der Waals surface area contributed by atoms with E-state index in [1.165, 1.54) is 0 Å². The third-order valence-electron chi connectivity index (χ3n) is 3.44. The average molecular weight is 318 g/mol. The Bertz CT molecular complexity index is 590. The molecule has 2 heterocycles. The number of aromatic nitrogens is 1. The summed E-state index contributed by atoms with van der Waals surface area (Å²) in [5.41, 5.74) is 1.26. The molecule has 1 aromatic rings. The largest absolute Gasteiger partial charge is 0.478 e. The van der Waals surface area contributed by atoms with E-state index < -0.39 is 5.60 Å². The summed E-state index contributed by atoms with van der Waals surface area (Å²) in [7, 11) is 0. The first kappa shape index (κ1) is 17.3. The Morgan fingerprint density at radius 1 is 1.43 bits per heavy atom. The topological polar surface area (TPSA) is 51.7 Å².